The van der Waals surface area contributed by atoms with Crippen LogP contribution in [0.1, 0.15) is 0 Å². The molecule has 1 aromatic carbocycles. The Bertz CT molecular complexity index is 722. The van der Waals surface area contributed by atoms with E-state index in [4.69, 9.17) is 17.3 Å². The molecule has 0 amide bonds. The molecule has 5 nitrogen and oxygen atoms in total. The number of hydrogen-bond acceptors (Lipinski definition) is 4. The maximum atomic E-state index is 12.9. The number of halogens is 2. The van der Waals surface area contributed by atoms with Gasteiger partial charge in [-0.1, -0.05) is 11.6 Å². The van der Waals surface area contributed by atoms with Crippen molar-refractivity contribution >= 4 is 33.1 Å². The second-order valence-electron chi connectivity index (χ2n) is 3.62. The van der Waals surface area contributed by atoms with Crippen LogP contribution in [0.4, 0.5) is 15.9 Å². The molecule has 19 heavy (non-hydrogen) atoms. The summed E-state index contributed by atoms with van der Waals surface area (Å²) in [6.07, 6.45) is 1.37. The first-order chi connectivity index (χ1) is 8.90. The first-order valence-electron chi connectivity index (χ1n) is 5.08. The first kappa shape index (κ1) is 13.6. The zero-order chi connectivity index (χ0) is 14.0. The third kappa shape index (κ3) is 2.94. The van der Waals surface area contributed by atoms with Gasteiger partial charge in [0.15, 0.2) is 0 Å². The monoisotopic (exact) mass is 301 g/mol. The Balaban J connectivity index is 2.40. The van der Waals surface area contributed by atoms with Gasteiger partial charge in [-0.3, -0.25) is 4.72 Å². The lowest BCUT2D eigenvalue weighted by Gasteiger charge is -2.10. The normalized spacial score (nSPS) is 11.3. The van der Waals surface area contributed by atoms with Crippen LogP contribution in [-0.2, 0) is 10.0 Å². The number of nitrogens with one attached hydrogen (secondary N) is 1. The van der Waals surface area contributed by atoms with Crippen LogP contribution in [0, 0.1) is 5.82 Å². The van der Waals surface area contributed by atoms with E-state index in [1.165, 1.54) is 24.4 Å². The molecule has 1 aromatic heterocycles. The summed E-state index contributed by atoms with van der Waals surface area (Å²) in [4.78, 5) is 3.52. The summed E-state index contributed by atoms with van der Waals surface area (Å²) in [7, 11) is -3.92. The summed E-state index contributed by atoms with van der Waals surface area (Å²) in [5.74, 6) is -0.693. The summed E-state index contributed by atoms with van der Waals surface area (Å²) < 4.78 is 39.3. The van der Waals surface area contributed by atoms with Crippen molar-refractivity contribution in [2.75, 3.05) is 10.5 Å². The minimum absolute atomic E-state index is 0.0500. The van der Waals surface area contributed by atoms with E-state index in [0.29, 0.717) is 0 Å². The molecule has 0 saturated carbocycles. The van der Waals surface area contributed by atoms with Crippen LogP contribution in [0.5, 0.6) is 0 Å². The van der Waals surface area contributed by atoms with Crippen molar-refractivity contribution in [2.45, 2.75) is 4.90 Å². The Morgan fingerprint density at radius 2 is 2.05 bits per heavy atom. The third-order valence-electron chi connectivity index (χ3n) is 2.26. The molecule has 0 aliphatic carbocycles. The van der Waals surface area contributed by atoms with Crippen LogP contribution in [0.15, 0.2) is 41.4 Å². The molecule has 0 atom stereocenters. The largest absolute Gasteiger partial charge is 0.383 e. The second kappa shape index (κ2) is 5.02. The van der Waals surface area contributed by atoms with Gasteiger partial charge in [-0.05, 0) is 30.3 Å². The Morgan fingerprint density at radius 3 is 2.68 bits per heavy atom. The zero-order valence-corrected chi connectivity index (χ0v) is 11.0. The van der Waals surface area contributed by atoms with Crippen molar-refractivity contribution in [3.63, 3.8) is 0 Å². The highest BCUT2D eigenvalue weighted by Crippen LogP contribution is 2.26. The summed E-state index contributed by atoms with van der Waals surface area (Å²) in [6.45, 7) is 0. The highest BCUT2D eigenvalue weighted by molar-refractivity contribution is 7.92. The summed E-state index contributed by atoms with van der Waals surface area (Å²) in [5, 5.41) is -0.0500. The van der Waals surface area contributed by atoms with Crippen LogP contribution in [0.25, 0.3) is 0 Å². The van der Waals surface area contributed by atoms with Crippen LogP contribution in [-0.4, -0.2) is 13.4 Å². The number of sulfonamides is 1. The predicted octanol–water partition coefficient (Wildman–Crippen LogP) is 2.26. The van der Waals surface area contributed by atoms with Crippen LogP contribution < -0.4 is 10.5 Å². The van der Waals surface area contributed by atoms with Crippen LogP contribution in [0.2, 0.25) is 5.02 Å². The van der Waals surface area contributed by atoms with E-state index in [9.17, 15) is 12.8 Å². The standard InChI is InChI=1S/C11H9ClFN3O2S/c12-8-6-7(13)3-4-9(8)16-19(17,18)10-2-1-5-15-11(10)14/h1-6,16H,(H2,14,15). The maximum Gasteiger partial charge on any atom is 0.265 e. The van der Waals surface area contributed by atoms with E-state index in [1.54, 1.807) is 0 Å². The van der Waals surface area contributed by atoms with Crippen LogP contribution in [0.3, 0.4) is 0 Å². The molecule has 0 unspecified atom stereocenters. The van der Waals surface area contributed by atoms with Gasteiger partial charge in [-0.25, -0.2) is 17.8 Å². The number of benzene rings is 1. The van der Waals surface area contributed by atoms with Gasteiger partial charge < -0.3 is 5.73 Å². The van der Waals surface area contributed by atoms with Gasteiger partial charge in [-0.15, -0.1) is 0 Å². The number of nitrogens with two attached hydrogens (primary N) is 1. The molecule has 100 valence electrons. The molecular weight excluding hydrogens is 293 g/mol. The number of nitrogen functional groups attached to an aromatic ring is 1. The summed E-state index contributed by atoms with van der Waals surface area (Å²) in [6, 6.07) is 6.07. The van der Waals surface area contributed by atoms with Crippen LogP contribution >= 0.6 is 11.6 Å². The minimum atomic E-state index is -3.92. The highest BCUT2D eigenvalue weighted by atomic mass is 35.5. The van der Waals surface area contributed by atoms with Gasteiger partial charge >= 0.3 is 0 Å². The predicted molar refractivity (Wildman–Crippen MR) is 70.9 cm³/mol. The van der Waals surface area contributed by atoms with Gasteiger partial charge in [-0.2, -0.15) is 0 Å². The van der Waals surface area contributed by atoms with Crippen molar-refractivity contribution in [1.82, 2.24) is 4.98 Å². The molecule has 2 rings (SSSR count). The molecule has 0 spiro atoms. The van der Waals surface area contributed by atoms with Gasteiger partial charge in [0.2, 0.25) is 0 Å². The van der Waals surface area contributed by atoms with E-state index >= 15 is 0 Å². The Labute approximate surface area is 114 Å². The van der Waals surface area contributed by atoms with E-state index in [2.05, 4.69) is 9.71 Å². The minimum Gasteiger partial charge on any atom is -0.383 e. The van der Waals surface area contributed by atoms with E-state index in [-0.39, 0.29) is 21.4 Å². The van der Waals surface area contributed by atoms with Gasteiger partial charge in [0.25, 0.3) is 10.0 Å². The summed E-state index contributed by atoms with van der Waals surface area (Å²) in [5.41, 5.74) is 5.56. The lowest BCUT2D eigenvalue weighted by atomic mass is 10.3. The molecule has 2 aromatic rings. The molecule has 0 fully saturated rings. The molecule has 8 heteroatoms. The van der Waals surface area contributed by atoms with Gasteiger partial charge in [0, 0.05) is 6.20 Å². The number of aromatic nitrogens is 1. The maximum absolute atomic E-state index is 12.9. The van der Waals surface area contributed by atoms with Crippen molar-refractivity contribution in [3.05, 3.63) is 47.4 Å². The molecular formula is C11H9ClFN3O2S. The van der Waals surface area contributed by atoms with E-state index in [1.807, 2.05) is 0 Å². The molecule has 0 saturated heterocycles. The number of pyridine rings is 1. The Hall–Kier alpha value is -1.86. The molecule has 3 N–H and O–H groups in total. The third-order valence-corrected chi connectivity index (χ3v) is 3.99. The smallest absolute Gasteiger partial charge is 0.265 e. The zero-order valence-electron chi connectivity index (χ0n) is 9.47. The molecule has 0 aliphatic heterocycles. The fourth-order valence-corrected chi connectivity index (χ4v) is 2.84. The number of hydrogen-bond donors (Lipinski definition) is 2. The molecule has 0 bridgehead atoms. The SMILES string of the molecule is Nc1ncccc1S(=O)(=O)Nc1ccc(F)cc1Cl. The lowest BCUT2D eigenvalue weighted by molar-refractivity contribution is 0.601. The van der Waals surface area contributed by atoms with Crippen molar-refractivity contribution in [3.8, 4) is 0 Å². The number of rotatable bonds is 3. The topological polar surface area (TPSA) is 85.1 Å². The average molecular weight is 302 g/mol. The second-order valence-corrected chi connectivity index (χ2v) is 5.67. The van der Waals surface area contributed by atoms with Crippen molar-refractivity contribution in [1.29, 1.82) is 0 Å². The Morgan fingerprint density at radius 1 is 1.32 bits per heavy atom. The van der Waals surface area contributed by atoms with Crippen molar-refractivity contribution < 1.29 is 12.8 Å². The number of anilines is 2. The fraction of sp³-hybridized carbons (Fsp3) is 0. The molecule has 1 heterocycles. The van der Waals surface area contributed by atoms with Gasteiger partial charge in [0.1, 0.15) is 16.5 Å². The molecule has 0 radical (unpaired) electrons. The number of nitrogens with zero attached hydrogens (tertiary/aromatic N) is 1. The summed E-state index contributed by atoms with van der Waals surface area (Å²) >= 11 is 5.75. The van der Waals surface area contributed by atoms with E-state index in [0.717, 1.165) is 12.1 Å². The lowest BCUT2D eigenvalue weighted by Crippen LogP contribution is -2.15. The quantitative estimate of drug-likeness (QED) is 0.910. The van der Waals surface area contributed by atoms with E-state index < -0.39 is 15.8 Å². The first-order valence-corrected chi connectivity index (χ1v) is 6.94. The Kier molecular flexibility index (Phi) is 3.59. The molecule has 0 aliphatic rings. The fourth-order valence-electron chi connectivity index (χ4n) is 1.40. The average Bonchev–Trinajstić information content (AvgIpc) is 2.33. The highest BCUT2D eigenvalue weighted by Gasteiger charge is 2.19. The van der Waals surface area contributed by atoms with Crippen molar-refractivity contribution in [2.24, 2.45) is 0 Å². The van der Waals surface area contributed by atoms with Gasteiger partial charge in [0.05, 0.1) is 10.7 Å².